The molecule has 132 valence electrons. The van der Waals surface area contributed by atoms with E-state index in [0.717, 1.165) is 12.6 Å². The molecule has 0 unspecified atom stereocenters. The molecule has 0 saturated carbocycles. The third-order valence-electron chi connectivity index (χ3n) is 3.32. The number of amides is 1. The molecule has 0 aliphatic rings. The van der Waals surface area contributed by atoms with Crippen LogP contribution in [0.25, 0.3) is 0 Å². The van der Waals surface area contributed by atoms with E-state index in [2.05, 4.69) is 15.6 Å². The van der Waals surface area contributed by atoms with Crippen molar-refractivity contribution in [3.63, 3.8) is 0 Å². The van der Waals surface area contributed by atoms with Crippen LogP contribution in [0.2, 0.25) is 0 Å². The number of anilines is 2. The molecule has 0 fully saturated rings. The molecule has 1 amide bonds. The first-order valence-electron chi connectivity index (χ1n) is 7.41. The van der Waals surface area contributed by atoms with Gasteiger partial charge in [0, 0.05) is 12.6 Å². The summed E-state index contributed by atoms with van der Waals surface area (Å²) in [5.41, 5.74) is -0.110. The average Bonchev–Trinajstić information content (AvgIpc) is 2.62. The number of hydrogen-bond donors (Lipinski definition) is 2. The highest BCUT2D eigenvalue weighted by atomic mass is 16.6. The molecule has 2 aromatic rings. The number of hydrogen-bond acceptors (Lipinski definition) is 7. The molecule has 0 aliphatic heterocycles. The number of rotatable bonds is 7. The van der Waals surface area contributed by atoms with Crippen molar-refractivity contribution in [1.29, 1.82) is 0 Å². The van der Waals surface area contributed by atoms with Crippen LogP contribution >= 0.6 is 0 Å². The van der Waals surface area contributed by atoms with Gasteiger partial charge >= 0.3 is 0 Å². The fourth-order valence-electron chi connectivity index (χ4n) is 2.15. The number of nitrogens with zero attached hydrogens (tertiary/aromatic N) is 2. The number of nitrogens with one attached hydrogen (secondary N) is 2. The van der Waals surface area contributed by atoms with Crippen LogP contribution in [0.1, 0.15) is 17.3 Å². The summed E-state index contributed by atoms with van der Waals surface area (Å²) in [6.07, 6.45) is 1.46. The summed E-state index contributed by atoms with van der Waals surface area (Å²) in [4.78, 5) is 27.2. The Labute approximate surface area is 144 Å². The first-order valence-corrected chi connectivity index (χ1v) is 7.41. The molecular formula is C16H18N4O5. The van der Waals surface area contributed by atoms with Crippen LogP contribution in [0.5, 0.6) is 11.5 Å². The van der Waals surface area contributed by atoms with Crippen LogP contribution in [0.15, 0.2) is 30.5 Å². The number of aromatic nitrogens is 1. The zero-order valence-corrected chi connectivity index (χ0v) is 14.0. The summed E-state index contributed by atoms with van der Waals surface area (Å²) in [6.45, 7) is 2.66. The zero-order chi connectivity index (χ0) is 18.4. The normalized spacial score (nSPS) is 10.0. The Morgan fingerprint density at radius 3 is 2.44 bits per heavy atom. The Bertz CT molecular complexity index is 777. The monoisotopic (exact) mass is 346 g/mol. The van der Waals surface area contributed by atoms with E-state index in [9.17, 15) is 14.9 Å². The van der Waals surface area contributed by atoms with Crippen LogP contribution in [0, 0.1) is 10.1 Å². The Morgan fingerprint density at radius 2 is 1.92 bits per heavy atom. The Hall–Kier alpha value is -3.36. The van der Waals surface area contributed by atoms with E-state index in [-0.39, 0.29) is 22.7 Å². The Morgan fingerprint density at radius 1 is 1.24 bits per heavy atom. The third kappa shape index (κ3) is 4.14. The van der Waals surface area contributed by atoms with Crippen molar-refractivity contribution >= 4 is 23.1 Å². The summed E-state index contributed by atoms with van der Waals surface area (Å²) in [7, 11) is 2.74. The lowest BCUT2D eigenvalue weighted by molar-refractivity contribution is -0.385. The quantitative estimate of drug-likeness (QED) is 0.585. The Kier molecular flexibility index (Phi) is 5.72. The SMILES string of the molecule is CCNc1ccc(NC(=O)c2cc(OC)c(OC)cc2[N+](=O)[O-])cn1. The number of ether oxygens (including phenoxy) is 2. The van der Waals surface area contributed by atoms with Crippen LogP contribution in [-0.4, -0.2) is 36.6 Å². The van der Waals surface area contributed by atoms with Crippen molar-refractivity contribution in [1.82, 2.24) is 4.98 Å². The lowest BCUT2D eigenvalue weighted by Crippen LogP contribution is -2.14. The lowest BCUT2D eigenvalue weighted by atomic mass is 10.1. The van der Waals surface area contributed by atoms with Crippen molar-refractivity contribution in [3.05, 3.63) is 46.1 Å². The van der Waals surface area contributed by atoms with Gasteiger partial charge in [0.15, 0.2) is 11.5 Å². The summed E-state index contributed by atoms with van der Waals surface area (Å²) >= 11 is 0. The molecule has 0 spiro atoms. The van der Waals surface area contributed by atoms with E-state index in [1.165, 1.54) is 26.5 Å². The van der Waals surface area contributed by atoms with Gasteiger partial charge in [0.2, 0.25) is 0 Å². The highest BCUT2D eigenvalue weighted by Crippen LogP contribution is 2.34. The van der Waals surface area contributed by atoms with Gasteiger partial charge in [-0.3, -0.25) is 14.9 Å². The molecule has 9 heteroatoms. The molecule has 9 nitrogen and oxygen atoms in total. The Balaban J connectivity index is 2.32. The maximum absolute atomic E-state index is 12.5. The largest absolute Gasteiger partial charge is 0.493 e. The molecule has 0 radical (unpaired) electrons. The van der Waals surface area contributed by atoms with Crippen LogP contribution in [0.4, 0.5) is 17.2 Å². The van der Waals surface area contributed by atoms with E-state index in [1.807, 2.05) is 6.92 Å². The highest BCUT2D eigenvalue weighted by Gasteiger charge is 2.24. The van der Waals surface area contributed by atoms with Crippen molar-refractivity contribution in [2.45, 2.75) is 6.92 Å². The lowest BCUT2D eigenvalue weighted by Gasteiger charge is -2.11. The van der Waals surface area contributed by atoms with Gasteiger partial charge in [0.05, 0.1) is 37.1 Å². The van der Waals surface area contributed by atoms with Crippen LogP contribution in [-0.2, 0) is 0 Å². The molecule has 2 N–H and O–H groups in total. The second-order valence-corrected chi connectivity index (χ2v) is 4.90. The zero-order valence-electron chi connectivity index (χ0n) is 14.0. The number of benzene rings is 1. The first-order chi connectivity index (χ1) is 12.0. The molecule has 0 aliphatic carbocycles. The van der Waals surface area contributed by atoms with Crippen molar-refractivity contribution in [2.24, 2.45) is 0 Å². The highest BCUT2D eigenvalue weighted by molar-refractivity contribution is 6.07. The van der Waals surface area contributed by atoms with Gasteiger partial charge in [-0.25, -0.2) is 4.98 Å². The number of nitro benzene ring substituents is 1. The maximum atomic E-state index is 12.5. The molecule has 0 bridgehead atoms. The molecule has 1 aromatic carbocycles. The van der Waals surface area contributed by atoms with Gasteiger partial charge in [-0.15, -0.1) is 0 Å². The topological polar surface area (TPSA) is 116 Å². The van der Waals surface area contributed by atoms with Gasteiger partial charge in [-0.1, -0.05) is 0 Å². The van der Waals surface area contributed by atoms with E-state index < -0.39 is 10.8 Å². The minimum absolute atomic E-state index is 0.140. The summed E-state index contributed by atoms with van der Waals surface area (Å²) < 4.78 is 10.1. The van der Waals surface area contributed by atoms with E-state index in [4.69, 9.17) is 9.47 Å². The predicted octanol–water partition coefficient (Wildman–Crippen LogP) is 2.69. The van der Waals surface area contributed by atoms with Crippen molar-refractivity contribution in [3.8, 4) is 11.5 Å². The first kappa shape index (κ1) is 18.0. The molecule has 1 heterocycles. The number of carbonyl (C=O) groups is 1. The van der Waals surface area contributed by atoms with Crippen LogP contribution in [0.3, 0.4) is 0 Å². The standard InChI is InChI=1S/C16H18N4O5/c1-4-17-15-6-5-10(9-18-15)19-16(21)11-7-13(24-2)14(25-3)8-12(11)20(22)23/h5-9H,4H2,1-3H3,(H,17,18)(H,19,21). The maximum Gasteiger partial charge on any atom is 0.286 e. The third-order valence-corrected chi connectivity index (χ3v) is 3.32. The predicted molar refractivity (Wildman–Crippen MR) is 92.6 cm³/mol. The minimum Gasteiger partial charge on any atom is -0.493 e. The number of methoxy groups -OCH3 is 2. The molecule has 0 atom stereocenters. The van der Waals surface area contributed by atoms with Gasteiger partial charge < -0.3 is 20.1 Å². The second-order valence-electron chi connectivity index (χ2n) is 4.90. The smallest absolute Gasteiger partial charge is 0.286 e. The molecule has 2 rings (SSSR count). The average molecular weight is 346 g/mol. The van der Waals surface area contributed by atoms with Gasteiger partial charge in [0.25, 0.3) is 11.6 Å². The summed E-state index contributed by atoms with van der Waals surface area (Å²) in [5.74, 6) is 0.407. The molecule has 25 heavy (non-hydrogen) atoms. The van der Waals surface area contributed by atoms with Crippen molar-refractivity contribution in [2.75, 3.05) is 31.4 Å². The second kappa shape index (κ2) is 7.95. The molecule has 0 saturated heterocycles. The van der Waals surface area contributed by atoms with Gasteiger partial charge in [-0.2, -0.15) is 0 Å². The van der Waals surface area contributed by atoms with E-state index >= 15 is 0 Å². The van der Waals surface area contributed by atoms with E-state index in [0.29, 0.717) is 11.5 Å². The van der Waals surface area contributed by atoms with Gasteiger partial charge in [0.1, 0.15) is 11.4 Å². The molecule has 1 aromatic heterocycles. The summed E-state index contributed by atoms with van der Waals surface area (Å²) in [6, 6.07) is 5.77. The van der Waals surface area contributed by atoms with E-state index in [1.54, 1.807) is 12.1 Å². The molecular weight excluding hydrogens is 328 g/mol. The number of nitro groups is 1. The van der Waals surface area contributed by atoms with Crippen LogP contribution < -0.4 is 20.1 Å². The van der Waals surface area contributed by atoms with Gasteiger partial charge in [-0.05, 0) is 19.1 Å². The fourth-order valence-corrected chi connectivity index (χ4v) is 2.15. The number of carbonyl (C=O) groups excluding carboxylic acids is 1. The fraction of sp³-hybridized carbons (Fsp3) is 0.250. The summed E-state index contributed by atoms with van der Waals surface area (Å²) in [5, 5.41) is 16.9. The minimum atomic E-state index is -0.649. The van der Waals surface area contributed by atoms with Crippen molar-refractivity contribution < 1.29 is 19.2 Å². The number of pyridine rings is 1.